The number of aliphatic hydroxyl groups is 2. The summed E-state index contributed by atoms with van der Waals surface area (Å²) >= 11 is 0. The fraction of sp³-hybridized carbons (Fsp3) is 0.778. The highest BCUT2D eigenvalue weighted by Crippen LogP contribution is 2.17. The van der Waals surface area contributed by atoms with Crippen LogP contribution in [0.3, 0.4) is 0 Å². The molecule has 4 N–H and O–H groups in total. The van der Waals surface area contributed by atoms with Crippen molar-refractivity contribution in [3.63, 3.8) is 0 Å². The first-order valence-corrected chi connectivity index (χ1v) is 4.68. The van der Waals surface area contributed by atoms with E-state index in [0.717, 1.165) is 0 Å². The predicted octanol–water partition coefficient (Wildman–Crippen LogP) is -0.315. The van der Waals surface area contributed by atoms with Gasteiger partial charge in [-0.1, -0.05) is 0 Å². The summed E-state index contributed by atoms with van der Waals surface area (Å²) < 4.78 is 0. The highest BCUT2D eigenvalue weighted by molar-refractivity contribution is 5.70. The molecule has 0 spiro atoms. The van der Waals surface area contributed by atoms with Gasteiger partial charge in [0.15, 0.2) is 0 Å². The second-order valence-corrected chi connectivity index (χ2v) is 3.48. The Labute approximate surface area is 87.2 Å². The summed E-state index contributed by atoms with van der Waals surface area (Å²) in [6.07, 6.45) is -0.883. The molecule has 0 aliphatic rings. The number of rotatable bonds is 8. The summed E-state index contributed by atoms with van der Waals surface area (Å²) in [4.78, 5) is 20.8. The zero-order valence-electron chi connectivity index (χ0n) is 8.30. The maximum Gasteiger partial charge on any atom is 0.303 e. The first kappa shape index (κ1) is 13.9. The molecule has 0 radical (unpaired) electrons. The molecule has 0 aromatic rings. The summed E-state index contributed by atoms with van der Waals surface area (Å²) in [5, 5.41) is 34.6. The van der Waals surface area contributed by atoms with E-state index in [2.05, 4.69) is 0 Å². The van der Waals surface area contributed by atoms with Crippen molar-refractivity contribution in [3.05, 3.63) is 0 Å². The second-order valence-electron chi connectivity index (χ2n) is 3.48. The molecule has 1 atom stereocenters. The summed E-state index contributed by atoms with van der Waals surface area (Å²) in [7, 11) is 0. The van der Waals surface area contributed by atoms with Gasteiger partial charge in [-0.3, -0.25) is 9.59 Å². The normalized spacial score (nSPS) is 12.7. The molecule has 0 aromatic carbocycles. The largest absolute Gasteiger partial charge is 0.481 e. The molecular weight excluding hydrogens is 204 g/mol. The summed E-state index contributed by atoms with van der Waals surface area (Å²) in [5.41, 5.74) is 0. The molecule has 0 aliphatic heterocycles. The molecular formula is C9H16O6. The number of aliphatic carboxylic acids is 2. The molecule has 0 amide bonds. The maximum atomic E-state index is 10.4. The van der Waals surface area contributed by atoms with Crippen LogP contribution < -0.4 is 0 Å². The first-order chi connectivity index (χ1) is 6.95. The van der Waals surface area contributed by atoms with E-state index in [-0.39, 0.29) is 25.7 Å². The molecule has 0 bridgehead atoms. The SMILES string of the molecule is O=C(O)CC(CCC(O)CO)CC(=O)O. The van der Waals surface area contributed by atoms with E-state index in [0.29, 0.717) is 0 Å². The lowest BCUT2D eigenvalue weighted by Gasteiger charge is -2.14. The number of carboxylic acid groups (broad SMARTS) is 2. The predicted molar refractivity (Wildman–Crippen MR) is 50.3 cm³/mol. The molecule has 0 aromatic heterocycles. The highest BCUT2D eigenvalue weighted by atomic mass is 16.4. The minimum Gasteiger partial charge on any atom is -0.481 e. The van der Waals surface area contributed by atoms with Crippen LogP contribution in [-0.2, 0) is 9.59 Å². The van der Waals surface area contributed by atoms with Crippen LogP contribution in [0.5, 0.6) is 0 Å². The molecule has 0 heterocycles. The Bertz CT molecular complexity index is 199. The van der Waals surface area contributed by atoms with Crippen LogP contribution in [0.1, 0.15) is 25.7 Å². The maximum absolute atomic E-state index is 10.4. The average Bonchev–Trinajstić information content (AvgIpc) is 2.11. The molecule has 6 nitrogen and oxygen atoms in total. The number of hydrogen-bond acceptors (Lipinski definition) is 4. The van der Waals surface area contributed by atoms with E-state index in [1.54, 1.807) is 0 Å². The van der Waals surface area contributed by atoms with Gasteiger partial charge in [0.05, 0.1) is 12.7 Å². The Kier molecular flexibility index (Phi) is 6.64. The van der Waals surface area contributed by atoms with Crippen molar-refractivity contribution < 1.29 is 30.0 Å². The number of hydrogen-bond donors (Lipinski definition) is 4. The summed E-state index contributed by atoms with van der Waals surface area (Å²) in [6, 6.07) is 0. The van der Waals surface area contributed by atoms with E-state index < -0.39 is 30.6 Å². The van der Waals surface area contributed by atoms with Crippen LogP contribution in [0.4, 0.5) is 0 Å². The Morgan fingerprint density at radius 1 is 1.00 bits per heavy atom. The van der Waals surface area contributed by atoms with E-state index in [9.17, 15) is 9.59 Å². The van der Waals surface area contributed by atoms with E-state index >= 15 is 0 Å². The van der Waals surface area contributed by atoms with Gasteiger partial charge in [-0.05, 0) is 18.8 Å². The second kappa shape index (κ2) is 7.19. The standard InChI is InChI=1S/C9H16O6/c10-5-7(11)2-1-6(3-8(12)13)4-9(14)15/h6-7,10-11H,1-5H2,(H,12,13)(H,14,15). The highest BCUT2D eigenvalue weighted by Gasteiger charge is 2.18. The molecule has 0 rings (SSSR count). The zero-order valence-corrected chi connectivity index (χ0v) is 8.30. The Morgan fingerprint density at radius 2 is 1.47 bits per heavy atom. The molecule has 0 aliphatic carbocycles. The number of aliphatic hydroxyl groups excluding tert-OH is 2. The van der Waals surface area contributed by atoms with Crippen molar-refractivity contribution in [2.45, 2.75) is 31.8 Å². The molecule has 0 fully saturated rings. The van der Waals surface area contributed by atoms with Crippen LogP contribution in [0, 0.1) is 5.92 Å². The van der Waals surface area contributed by atoms with Gasteiger partial charge >= 0.3 is 11.9 Å². The van der Waals surface area contributed by atoms with Gasteiger partial charge in [0, 0.05) is 12.8 Å². The summed E-state index contributed by atoms with van der Waals surface area (Å²) in [5.74, 6) is -2.61. The van der Waals surface area contributed by atoms with Crippen molar-refractivity contribution in [1.82, 2.24) is 0 Å². The van der Waals surface area contributed by atoms with Crippen molar-refractivity contribution in [2.75, 3.05) is 6.61 Å². The Balaban J connectivity index is 4.00. The van der Waals surface area contributed by atoms with E-state index in [1.807, 2.05) is 0 Å². The van der Waals surface area contributed by atoms with Gasteiger partial charge in [0.1, 0.15) is 0 Å². The smallest absolute Gasteiger partial charge is 0.303 e. The van der Waals surface area contributed by atoms with Gasteiger partial charge < -0.3 is 20.4 Å². The lowest BCUT2D eigenvalue weighted by atomic mass is 9.94. The zero-order chi connectivity index (χ0) is 11.8. The van der Waals surface area contributed by atoms with Crippen molar-refractivity contribution in [3.8, 4) is 0 Å². The molecule has 15 heavy (non-hydrogen) atoms. The molecule has 88 valence electrons. The molecule has 6 heteroatoms. The summed E-state index contributed by atoms with van der Waals surface area (Å²) in [6.45, 7) is -0.396. The van der Waals surface area contributed by atoms with Crippen LogP contribution in [0.15, 0.2) is 0 Å². The molecule has 1 unspecified atom stereocenters. The topological polar surface area (TPSA) is 115 Å². The minimum absolute atomic E-state index is 0.210. The van der Waals surface area contributed by atoms with Crippen LogP contribution in [0.25, 0.3) is 0 Å². The molecule has 0 saturated carbocycles. The number of carbonyl (C=O) groups is 2. The van der Waals surface area contributed by atoms with Crippen molar-refractivity contribution in [1.29, 1.82) is 0 Å². The van der Waals surface area contributed by atoms with Gasteiger partial charge in [-0.25, -0.2) is 0 Å². The third-order valence-electron chi connectivity index (χ3n) is 2.05. The van der Waals surface area contributed by atoms with E-state index in [4.69, 9.17) is 20.4 Å². The third-order valence-corrected chi connectivity index (χ3v) is 2.05. The lowest BCUT2D eigenvalue weighted by molar-refractivity contribution is -0.140. The quantitative estimate of drug-likeness (QED) is 0.446. The van der Waals surface area contributed by atoms with E-state index in [1.165, 1.54) is 0 Å². The fourth-order valence-electron chi connectivity index (χ4n) is 1.29. The fourth-order valence-corrected chi connectivity index (χ4v) is 1.29. The van der Waals surface area contributed by atoms with Crippen LogP contribution in [0.2, 0.25) is 0 Å². The van der Waals surface area contributed by atoms with Gasteiger partial charge in [-0.2, -0.15) is 0 Å². The van der Waals surface area contributed by atoms with Crippen molar-refractivity contribution in [2.24, 2.45) is 5.92 Å². The third kappa shape index (κ3) is 7.90. The minimum atomic E-state index is -1.06. The average molecular weight is 220 g/mol. The van der Waals surface area contributed by atoms with Crippen LogP contribution in [-0.4, -0.2) is 45.1 Å². The van der Waals surface area contributed by atoms with Gasteiger partial charge in [-0.15, -0.1) is 0 Å². The van der Waals surface area contributed by atoms with Gasteiger partial charge in [0.25, 0.3) is 0 Å². The lowest BCUT2D eigenvalue weighted by Crippen LogP contribution is -2.17. The monoisotopic (exact) mass is 220 g/mol. The van der Waals surface area contributed by atoms with Gasteiger partial charge in [0.2, 0.25) is 0 Å². The Hall–Kier alpha value is -1.14. The molecule has 0 saturated heterocycles. The number of carboxylic acids is 2. The van der Waals surface area contributed by atoms with Crippen molar-refractivity contribution >= 4 is 11.9 Å². The van der Waals surface area contributed by atoms with Crippen LogP contribution >= 0.6 is 0 Å². The first-order valence-electron chi connectivity index (χ1n) is 4.68. The Morgan fingerprint density at radius 3 is 1.80 bits per heavy atom.